The molecule has 1 heterocycles. The van der Waals surface area contributed by atoms with Crippen LogP contribution in [0.3, 0.4) is 0 Å². The molecular formula is C19H14F2O3. The maximum Gasteiger partial charge on any atom is 0.339 e. The first-order chi connectivity index (χ1) is 11.4. The molecule has 0 spiro atoms. The third-order valence-corrected chi connectivity index (χ3v) is 4.67. The van der Waals surface area contributed by atoms with Crippen LogP contribution in [-0.4, -0.2) is 17.0 Å². The van der Waals surface area contributed by atoms with Crippen LogP contribution in [0.25, 0.3) is 11.0 Å². The van der Waals surface area contributed by atoms with Gasteiger partial charge in [-0.05, 0) is 30.2 Å². The van der Waals surface area contributed by atoms with Crippen molar-refractivity contribution in [2.24, 2.45) is 0 Å². The number of aromatic carboxylic acids is 1. The van der Waals surface area contributed by atoms with Gasteiger partial charge >= 0.3 is 5.97 Å². The molecular weight excluding hydrogens is 314 g/mol. The van der Waals surface area contributed by atoms with E-state index in [-0.39, 0.29) is 11.3 Å². The van der Waals surface area contributed by atoms with Crippen molar-refractivity contribution >= 4 is 16.9 Å². The molecule has 2 aromatic carbocycles. The molecule has 1 saturated carbocycles. The van der Waals surface area contributed by atoms with Gasteiger partial charge in [-0.2, -0.15) is 0 Å². The number of alkyl halides is 2. The van der Waals surface area contributed by atoms with Gasteiger partial charge in [-0.1, -0.05) is 36.4 Å². The summed E-state index contributed by atoms with van der Waals surface area (Å²) >= 11 is 0. The molecule has 24 heavy (non-hydrogen) atoms. The van der Waals surface area contributed by atoms with Crippen LogP contribution in [0, 0.1) is 6.92 Å². The molecule has 0 aliphatic heterocycles. The van der Waals surface area contributed by atoms with Crippen LogP contribution in [0.1, 0.15) is 39.1 Å². The first-order valence-corrected chi connectivity index (χ1v) is 7.60. The standard InChI is InChI=1S/C19H14F2O3/c1-10-15(18(22)23)13-9-12(7-8-14(13)24-10)17-16(19(17,20)21)11-5-3-2-4-6-11/h2-9,16-17H,1H3,(H,22,23)/t16-,17-/m0/s1. The lowest BCUT2D eigenvalue weighted by atomic mass is 10.0. The van der Waals surface area contributed by atoms with Crippen molar-refractivity contribution in [3.8, 4) is 0 Å². The molecule has 0 saturated heterocycles. The Kier molecular flexibility index (Phi) is 3.04. The number of carbonyl (C=O) groups is 1. The Hall–Kier alpha value is -2.69. The van der Waals surface area contributed by atoms with Crippen LogP contribution in [0.2, 0.25) is 0 Å². The number of hydrogen-bond acceptors (Lipinski definition) is 2. The van der Waals surface area contributed by atoms with Gasteiger partial charge in [0.25, 0.3) is 5.92 Å². The third-order valence-electron chi connectivity index (χ3n) is 4.67. The van der Waals surface area contributed by atoms with Crippen molar-refractivity contribution in [3.05, 3.63) is 71.0 Å². The largest absolute Gasteiger partial charge is 0.478 e. The van der Waals surface area contributed by atoms with Crippen molar-refractivity contribution in [3.63, 3.8) is 0 Å². The lowest BCUT2D eigenvalue weighted by Crippen LogP contribution is -1.97. The van der Waals surface area contributed by atoms with Crippen LogP contribution in [0.4, 0.5) is 8.78 Å². The number of hydrogen-bond donors (Lipinski definition) is 1. The van der Waals surface area contributed by atoms with Crippen LogP contribution < -0.4 is 0 Å². The Labute approximate surface area is 136 Å². The number of carboxylic acid groups (broad SMARTS) is 1. The Morgan fingerprint density at radius 3 is 2.42 bits per heavy atom. The summed E-state index contributed by atoms with van der Waals surface area (Å²) in [6.45, 7) is 1.56. The number of rotatable bonds is 3. The van der Waals surface area contributed by atoms with Crippen LogP contribution in [0.5, 0.6) is 0 Å². The molecule has 1 N–H and O–H groups in total. The van der Waals surface area contributed by atoms with Gasteiger partial charge in [-0.25, -0.2) is 13.6 Å². The minimum Gasteiger partial charge on any atom is -0.478 e. The number of fused-ring (bicyclic) bond motifs is 1. The summed E-state index contributed by atoms with van der Waals surface area (Å²) in [4.78, 5) is 11.4. The molecule has 1 fully saturated rings. The van der Waals surface area contributed by atoms with Gasteiger partial charge in [-0.15, -0.1) is 0 Å². The predicted octanol–water partition coefficient (Wildman–Crippen LogP) is 4.96. The highest BCUT2D eigenvalue weighted by molar-refractivity contribution is 6.03. The maximum absolute atomic E-state index is 14.4. The number of halogens is 2. The molecule has 3 aromatic rings. The zero-order valence-electron chi connectivity index (χ0n) is 12.8. The quantitative estimate of drug-likeness (QED) is 0.739. The molecule has 1 aliphatic carbocycles. The van der Waals surface area contributed by atoms with Gasteiger partial charge < -0.3 is 9.52 Å². The van der Waals surface area contributed by atoms with Crippen molar-refractivity contribution in [2.45, 2.75) is 24.7 Å². The number of aryl methyl sites for hydroxylation is 1. The molecule has 3 nitrogen and oxygen atoms in total. The minimum absolute atomic E-state index is 0.0343. The Balaban J connectivity index is 1.80. The molecule has 0 unspecified atom stereocenters. The fourth-order valence-corrected chi connectivity index (χ4v) is 3.51. The fourth-order valence-electron chi connectivity index (χ4n) is 3.51. The number of furan rings is 1. The van der Waals surface area contributed by atoms with Gasteiger partial charge in [-0.3, -0.25) is 0 Å². The van der Waals surface area contributed by atoms with E-state index in [1.54, 1.807) is 49.4 Å². The van der Waals surface area contributed by atoms with Gasteiger partial charge in [0.05, 0.1) is 11.8 Å². The lowest BCUT2D eigenvalue weighted by molar-refractivity contribution is 0.0696. The van der Waals surface area contributed by atoms with E-state index in [0.717, 1.165) is 0 Å². The topological polar surface area (TPSA) is 50.4 Å². The van der Waals surface area contributed by atoms with E-state index in [9.17, 15) is 18.7 Å². The predicted molar refractivity (Wildman–Crippen MR) is 84.8 cm³/mol. The maximum atomic E-state index is 14.4. The molecule has 0 amide bonds. The molecule has 4 rings (SSSR count). The zero-order valence-corrected chi connectivity index (χ0v) is 12.8. The SMILES string of the molecule is Cc1oc2ccc([C@H]3[C@H](c4ccccc4)C3(F)F)cc2c1C(=O)O. The Morgan fingerprint density at radius 2 is 1.75 bits per heavy atom. The normalized spacial score (nSPS) is 21.8. The summed E-state index contributed by atoms with van der Waals surface area (Å²) in [7, 11) is 0. The lowest BCUT2D eigenvalue weighted by Gasteiger charge is -2.00. The first-order valence-electron chi connectivity index (χ1n) is 7.60. The molecule has 122 valence electrons. The molecule has 2 atom stereocenters. The smallest absolute Gasteiger partial charge is 0.339 e. The second-order valence-corrected chi connectivity index (χ2v) is 6.13. The van der Waals surface area contributed by atoms with Crippen molar-refractivity contribution in [1.29, 1.82) is 0 Å². The number of benzene rings is 2. The summed E-state index contributed by atoms with van der Waals surface area (Å²) in [5.74, 6) is -5.50. The molecule has 5 heteroatoms. The van der Waals surface area contributed by atoms with Gasteiger partial charge in [0, 0.05) is 5.39 Å². The number of carboxylic acids is 1. The van der Waals surface area contributed by atoms with Gasteiger partial charge in [0.2, 0.25) is 0 Å². The molecule has 1 aromatic heterocycles. The van der Waals surface area contributed by atoms with E-state index in [1.807, 2.05) is 0 Å². The fraction of sp³-hybridized carbons (Fsp3) is 0.211. The average molecular weight is 328 g/mol. The summed E-state index contributed by atoms with van der Waals surface area (Å²) in [5.41, 5.74) is 1.46. The van der Waals surface area contributed by atoms with E-state index in [1.165, 1.54) is 6.07 Å². The van der Waals surface area contributed by atoms with Crippen molar-refractivity contribution in [2.75, 3.05) is 0 Å². The van der Waals surface area contributed by atoms with Gasteiger partial charge in [0.15, 0.2) is 0 Å². The second kappa shape index (κ2) is 4.90. The van der Waals surface area contributed by atoms with E-state index in [0.29, 0.717) is 22.1 Å². The van der Waals surface area contributed by atoms with E-state index < -0.39 is 23.7 Å². The summed E-state index contributed by atoms with van der Waals surface area (Å²) in [6.07, 6.45) is 0. The Morgan fingerprint density at radius 1 is 1.08 bits per heavy atom. The highest BCUT2D eigenvalue weighted by Gasteiger charge is 2.69. The third kappa shape index (κ3) is 2.04. The Bertz CT molecular complexity index is 944. The summed E-state index contributed by atoms with van der Waals surface area (Å²) in [5, 5.41) is 9.69. The summed E-state index contributed by atoms with van der Waals surface area (Å²) in [6, 6.07) is 13.4. The monoisotopic (exact) mass is 328 g/mol. The zero-order chi connectivity index (χ0) is 17.1. The molecule has 0 radical (unpaired) electrons. The second-order valence-electron chi connectivity index (χ2n) is 6.13. The van der Waals surface area contributed by atoms with Crippen LogP contribution in [0.15, 0.2) is 52.9 Å². The van der Waals surface area contributed by atoms with E-state index >= 15 is 0 Å². The van der Waals surface area contributed by atoms with Crippen LogP contribution >= 0.6 is 0 Å². The highest BCUT2D eigenvalue weighted by atomic mass is 19.3. The average Bonchev–Trinajstić information content (AvgIpc) is 2.95. The van der Waals surface area contributed by atoms with Crippen molar-refractivity contribution in [1.82, 2.24) is 0 Å². The minimum atomic E-state index is -2.84. The van der Waals surface area contributed by atoms with E-state index in [2.05, 4.69) is 0 Å². The summed E-state index contributed by atoms with van der Waals surface area (Å²) < 4.78 is 34.1. The van der Waals surface area contributed by atoms with Crippen molar-refractivity contribution < 1.29 is 23.1 Å². The molecule has 0 bridgehead atoms. The molecule has 1 aliphatic rings. The van der Waals surface area contributed by atoms with Crippen LogP contribution in [-0.2, 0) is 0 Å². The van der Waals surface area contributed by atoms with E-state index in [4.69, 9.17) is 4.42 Å². The van der Waals surface area contributed by atoms with Gasteiger partial charge in [0.1, 0.15) is 16.9 Å². The highest BCUT2D eigenvalue weighted by Crippen LogP contribution is 2.67. The first kappa shape index (κ1) is 14.9.